The van der Waals surface area contributed by atoms with Crippen LogP contribution < -0.4 is 0 Å². The van der Waals surface area contributed by atoms with Crippen LogP contribution in [0.25, 0.3) is 0 Å². The SMILES string of the molecule is CC(C#C/C(=C/Cc1ccccc1)CC(F)(F)C(F)(F)C(F)(F)C(F)(F)F)CO. The maximum Gasteiger partial charge on any atom is 0.460 e. The molecule has 0 aliphatic rings. The van der Waals surface area contributed by atoms with Crippen LogP contribution in [0.2, 0.25) is 0 Å². The minimum atomic E-state index is -6.94. The fourth-order valence-electron chi connectivity index (χ4n) is 2.04. The second kappa shape index (κ2) is 9.11. The summed E-state index contributed by atoms with van der Waals surface area (Å²) >= 11 is 0. The fraction of sp³-hybridized carbons (Fsp3) is 0.474. The molecule has 29 heavy (non-hydrogen) atoms. The number of rotatable bonds is 7. The molecule has 0 saturated heterocycles. The van der Waals surface area contributed by atoms with Crippen LogP contribution in [0.1, 0.15) is 18.9 Å². The Morgan fingerprint density at radius 2 is 1.52 bits per heavy atom. The molecule has 0 bridgehead atoms. The van der Waals surface area contributed by atoms with E-state index in [1.165, 1.54) is 6.92 Å². The summed E-state index contributed by atoms with van der Waals surface area (Å²) in [6.45, 7) is 0.865. The predicted molar refractivity (Wildman–Crippen MR) is 87.8 cm³/mol. The molecule has 162 valence electrons. The molecule has 0 heterocycles. The van der Waals surface area contributed by atoms with Crippen LogP contribution in [0.4, 0.5) is 39.5 Å². The van der Waals surface area contributed by atoms with Gasteiger partial charge in [-0.1, -0.05) is 48.2 Å². The highest BCUT2D eigenvalue weighted by atomic mass is 19.4. The van der Waals surface area contributed by atoms with Gasteiger partial charge in [-0.3, -0.25) is 0 Å². The van der Waals surface area contributed by atoms with Crippen molar-refractivity contribution < 1.29 is 44.6 Å². The van der Waals surface area contributed by atoms with Crippen molar-refractivity contribution in [1.82, 2.24) is 0 Å². The van der Waals surface area contributed by atoms with Crippen LogP contribution in [-0.4, -0.2) is 35.7 Å². The van der Waals surface area contributed by atoms with Crippen molar-refractivity contribution in [3.05, 3.63) is 47.5 Å². The topological polar surface area (TPSA) is 20.2 Å². The molecule has 1 aromatic carbocycles. The minimum Gasteiger partial charge on any atom is -0.395 e. The third-order valence-corrected chi connectivity index (χ3v) is 3.80. The van der Waals surface area contributed by atoms with Gasteiger partial charge in [0.25, 0.3) is 0 Å². The van der Waals surface area contributed by atoms with Crippen LogP contribution in [0.5, 0.6) is 0 Å². The number of aliphatic hydroxyl groups excluding tert-OH is 1. The smallest absolute Gasteiger partial charge is 0.395 e. The van der Waals surface area contributed by atoms with Crippen LogP contribution in [0.15, 0.2) is 42.0 Å². The fourth-order valence-corrected chi connectivity index (χ4v) is 2.04. The van der Waals surface area contributed by atoms with Crippen molar-refractivity contribution in [1.29, 1.82) is 0 Å². The van der Waals surface area contributed by atoms with E-state index >= 15 is 0 Å². The third-order valence-electron chi connectivity index (χ3n) is 3.80. The first-order valence-corrected chi connectivity index (χ1v) is 8.21. The van der Waals surface area contributed by atoms with E-state index in [0.29, 0.717) is 5.56 Å². The van der Waals surface area contributed by atoms with Gasteiger partial charge in [-0.15, -0.1) is 0 Å². The Bertz CT molecular complexity index is 755. The largest absolute Gasteiger partial charge is 0.460 e. The van der Waals surface area contributed by atoms with Gasteiger partial charge >= 0.3 is 23.9 Å². The van der Waals surface area contributed by atoms with Gasteiger partial charge < -0.3 is 5.11 Å². The molecule has 0 aromatic heterocycles. The van der Waals surface area contributed by atoms with E-state index in [9.17, 15) is 39.5 Å². The van der Waals surface area contributed by atoms with E-state index in [2.05, 4.69) is 11.8 Å². The van der Waals surface area contributed by atoms with Crippen LogP contribution >= 0.6 is 0 Å². The summed E-state index contributed by atoms with van der Waals surface area (Å²) in [6, 6.07) is 7.94. The number of benzene rings is 1. The van der Waals surface area contributed by atoms with E-state index in [1.807, 2.05) is 0 Å². The van der Waals surface area contributed by atoms with Crippen molar-refractivity contribution >= 4 is 0 Å². The molecule has 1 nitrogen and oxygen atoms in total. The Morgan fingerprint density at radius 1 is 0.966 bits per heavy atom. The average molecular weight is 432 g/mol. The summed E-state index contributed by atoms with van der Waals surface area (Å²) in [5.41, 5.74) is -0.213. The molecule has 1 unspecified atom stereocenters. The summed E-state index contributed by atoms with van der Waals surface area (Å²) in [4.78, 5) is 0. The molecule has 0 spiro atoms. The molecule has 1 N–H and O–H groups in total. The van der Waals surface area contributed by atoms with Crippen LogP contribution in [-0.2, 0) is 6.42 Å². The Morgan fingerprint density at radius 3 is 2.00 bits per heavy atom. The van der Waals surface area contributed by atoms with Gasteiger partial charge in [-0.25, -0.2) is 0 Å². The lowest BCUT2D eigenvalue weighted by Crippen LogP contribution is -2.60. The molecular weight excluding hydrogens is 415 g/mol. The Kier molecular flexibility index (Phi) is 7.82. The number of aliphatic hydroxyl groups is 1. The maximum atomic E-state index is 13.9. The van der Waals surface area contributed by atoms with Crippen LogP contribution in [0, 0.1) is 17.8 Å². The number of alkyl halides is 9. The number of halogens is 9. The van der Waals surface area contributed by atoms with E-state index in [1.54, 1.807) is 30.3 Å². The van der Waals surface area contributed by atoms with E-state index in [-0.39, 0.29) is 6.42 Å². The molecular formula is C19H17F9O. The quantitative estimate of drug-likeness (QED) is 0.437. The van der Waals surface area contributed by atoms with Crippen LogP contribution in [0.3, 0.4) is 0 Å². The van der Waals surface area contributed by atoms with E-state index < -0.39 is 48.5 Å². The van der Waals surface area contributed by atoms with Crippen molar-refractivity contribution in [3.63, 3.8) is 0 Å². The highest BCUT2D eigenvalue weighted by molar-refractivity contribution is 5.33. The highest BCUT2D eigenvalue weighted by Gasteiger charge is 2.81. The van der Waals surface area contributed by atoms with Gasteiger partial charge in [-0.2, -0.15) is 39.5 Å². The van der Waals surface area contributed by atoms with Crippen molar-refractivity contribution in [3.8, 4) is 11.8 Å². The predicted octanol–water partition coefficient (Wildman–Crippen LogP) is 5.65. The maximum absolute atomic E-state index is 13.9. The minimum absolute atomic E-state index is 0.102. The normalized spacial score (nSPS) is 14.9. The summed E-state index contributed by atoms with van der Waals surface area (Å²) in [6.07, 6.45) is -8.16. The molecule has 0 aliphatic heterocycles. The zero-order valence-electron chi connectivity index (χ0n) is 15.0. The van der Waals surface area contributed by atoms with Gasteiger partial charge in [0.15, 0.2) is 0 Å². The Hall–Kier alpha value is -2.15. The number of hydrogen-bond donors (Lipinski definition) is 1. The lowest BCUT2D eigenvalue weighted by Gasteiger charge is -2.33. The Balaban J connectivity index is 3.26. The third kappa shape index (κ3) is 5.92. The molecule has 0 fully saturated rings. The monoisotopic (exact) mass is 432 g/mol. The van der Waals surface area contributed by atoms with Gasteiger partial charge in [0.2, 0.25) is 0 Å². The first-order chi connectivity index (χ1) is 13.2. The summed E-state index contributed by atoms with van der Waals surface area (Å²) in [5, 5.41) is 8.90. The van der Waals surface area contributed by atoms with Crippen molar-refractivity contribution in [2.45, 2.75) is 43.7 Å². The zero-order valence-corrected chi connectivity index (χ0v) is 15.0. The van der Waals surface area contributed by atoms with Crippen molar-refractivity contribution in [2.75, 3.05) is 6.61 Å². The first-order valence-electron chi connectivity index (χ1n) is 8.21. The van der Waals surface area contributed by atoms with Gasteiger partial charge in [0, 0.05) is 11.5 Å². The van der Waals surface area contributed by atoms with E-state index in [4.69, 9.17) is 5.11 Å². The molecule has 0 aliphatic carbocycles. The molecule has 0 saturated carbocycles. The van der Waals surface area contributed by atoms with Gasteiger partial charge in [0.1, 0.15) is 0 Å². The summed E-state index contributed by atoms with van der Waals surface area (Å²) in [7, 11) is 0. The molecule has 1 aromatic rings. The van der Waals surface area contributed by atoms with Gasteiger partial charge in [0.05, 0.1) is 13.0 Å². The second-order valence-corrected chi connectivity index (χ2v) is 6.30. The lowest BCUT2D eigenvalue weighted by atomic mass is 9.95. The Labute approximate surface area is 161 Å². The molecule has 10 heteroatoms. The number of hydrogen-bond acceptors (Lipinski definition) is 1. The molecule has 1 atom stereocenters. The molecule has 0 radical (unpaired) electrons. The van der Waals surface area contributed by atoms with Gasteiger partial charge in [-0.05, 0) is 18.9 Å². The lowest BCUT2D eigenvalue weighted by molar-refractivity contribution is -0.395. The summed E-state index contributed by atoms with van der Waals surface area (Å²) in [5.74, 6) is -15.8. The zero-order chi connectivity index (χ0) is 22.5. The first kappa shape index (κ1) is 24.9. The molecule has 0 amide bonds. The molecule has 1 rings (SSSR count). The summed E-state index contributed by atoms with van der Waals surface area (Å²) < 4.78 is 118. The van der Waals surface area contributed by atoms with E-state index in [0.717, 1.165) is 6.08 Å². The average Bonchev–Trinajstić information content (AvgIpc) is 2.63. The number of allylic oxidation sites excluding steroid dienone is 2. The standard InChI is InChI=1S/C19H17F9O/c1-13(12-29)7-8-15(10-9-14-5-3-2-4-6-14)11-16(20,21)17(22,23)18(24,25)19(26,27)28/h2-6,10,13,29H,9,11-12H2,1H3/b15-10-. The van der Waals surface area contributed by atoms with Crippen molar-refractivity contribution in [2.24, 2.45) is 5.92 Å². The second-order valence-electron chi connectivity index (χ2n) is 6.30. The highest BCUT2D eigenvalue weighted by Crippen LogP contribution is 2.54.